The molecule has 0 atom stereocenters. The van der Waals surface area contributed by atoms with Crippen molar-refractivity contribution in [1.82, 2.24) is 14.5 Å². The number of nitrogens with zero attached hydrogens (tertiary/aromatic N) is 3. The Hall–Kier alpha value is -0.830. The number of aryl methyl sites for hydroxylation is 1. The van der Waals surface area contributed by atoms with Crippen LogP contribution in [-0.4, -0.2) is 33.1 Å². The van der Waals surface area contributed by atoms with Crippen LogP contribution in [0.2, 0.25) is 0 Å². The summed E-state index contributed by atoms with van der Waals surface area (Å²) in [5.41, 5.74) is 0. The topological polar surface area (TPSA) is 21.1 Å². The van der Waals surface area contributed by atoms with Gasteiger partial charge in [0.2, 0.25) is 0 Å². The van der Waals surface area contributed by atoms with Gasteiger partial charge in [-0.1, -0.05) is 6.92 Å². The summed E-state index contributed by atoms with van der Waals surface area (Å²) < 4.78 is 2.26. The van der Waals surface area contributed by atoms with Crippen LogP contribution in [0.15, 0.2) is 12.4 Å². The largest absolute Gasteiger partial charge is 0.334 e. The predicted molar refractivity (Wildman–Crippen MR) is 68.6 cm³/mol. The Morgan fingerprint density at radius 1 is 1.25 bits per heavy atom. The van der Waals surface area contributed by atoms with Gasteiger partial charge >= 0.3 is 0 Å². The lowest BCUT2D eigenvalue weighted by Crippen LogP contribution is -2.39. The molecule has 0 fully saturated rings. The fraction of sp³-hybridized carbons (Fsp3) is 0.769. The maximum absolute atomic E-state index is 4.35. The summed E-state index contributed by atoms with van der Waals surface area (Å²) in [5.74, 6) is 1.19. The molecule has 0 amide bonds. The van der Waals surface area contributed by atoms with Crippen molar-refractivity contribution in [2.75, 3.05) is 6.54 Å². The Morgan fingerprint density at radius 3 is 2.38 bits per heavy atom. The van der Waals surface area contributed by atoms with Gasteiger partial charge in [-0.3, -0.25) is 4.90 Å². The molecule has 0 saturated carbocycles. The molecule has 3 heteroatoms. The van der Waals surface area contributed by atoms with Gasteiger partial charge in [-0.15, -0.1) is 0 Å². The highest BCUT2D eigenvalue weighted by Crippen LogP contribution is 2.06. The maximum atomic E-state index is 4.35. The summed E-state index contributed by atoms with van der Waals surface area (Å²) in [4.78, 5) is 6.86. The van der Waals surface area contributed by atoms with Crippen LogP contribution in [0.1, 0.15) is 40.4 Å². The first-order valence-electron chi connectivity index (χ1n) is 6.32. The van der Waals surface area contributed by atoms with E-state index in [0.717, 1.165) is 19.5 Å². The number of rotatable bonds is 6. The number of imidazole rings is 1. The minimum absolute atomic E-state index is 0.605. The molecule has 1 rings (SSSR count). The van der Waals surface area contributed by atoms with Crippen LogP contribution in [0.25, 0.3) is 0 Å². The molecule has 16 heavy (non-hydrogen) atoms. The molecule has 1 heterocycles. The Morgan fingerprint density at radius 2 is 1.88 bits per heavy atom. The number of aromatic nitrogens is 2. The molecular weight excluding hydrogens is 198 g/mol. The van der Waals surface area contributed by atoms with Crippen LogP contribution in [0, 0.1) is 0 Å². The van der Waals surface area contributed by atoms with Crippen LogP contribution >= 0.6 is 0 Å². The van der Waals surface area contributed by atoms with E-state index in [1.165, 1.54) is 5.82 Å². The maximum Gasteiger partial charge on any atom is 0.108 e. The van der Waals surface area contributed by atoms with Gasteiger partial charge in [0.25, 0.3) is 0 Å². The van der Waals surface area contributed by atoms with Crippen molar-refractivity contribution in [3.05, 3.63) is 18.2 Å². The van der Waals surface area contributed by atoms with Gasteiger partial charge in [0.1, 0.15) is 5.82 Å². The first-order valence-corrected chi connectivity index (χ1v) is 6.32. The van der Waals surface area contributed by atoms with Gasteiger partial charge < -0.3 is 4.57 Å². The standard InChI is InChI=1S/C13H25N3/c1-6-13-14-7-8-15(13)9-10-16(11(2)3)12(4)5/h7-8,11-12H,6,9-10H2,1-5H3. The predicted octanol–water partition coefficient (Wildman–Crippen LogP) is 2.56. The second-order valence-electron chi connectivity index (χ2n) is 4.82. The highest BCUT2D eigenvalue weighted by atomic mass is 15.2. The SMILES string of the molecule is CCc1nccn1CCN(C(C)C)C(C)C. The van der Waals surface area contributed by atoms with Gasteiger partial charge in [0, 0.05) is 44.0 Å². The van der Waals surface area contributed by atoms with Crippen molar-refractivity contribution in [1.29, 1.82) is 0 Å². The van der Waals surface area contributed by atoms with E-state index in [-0.39, 0.29) is 0 Å². The second kappa shape index (κ2) is 6.04. The van der Waals surface area contributed by atoms with E-state index in [9.17, 15) is 0 Å². The van der Waals surface area contributed by atoms with Crippen molar-refractivity contribution in [2.24, 2.45) is 0 Å². The average molecular weight is 223 g/mol. The molecule has 0 saturated heterocycles. The lowest BCUT2D eigenvalue weighted by molar-refractivity contribution is 0.168. The summed E-state index contributed by atoms with van der Waals surface area (Å²) >= 11 is 0. The Kier molecular flexibility index (Phi) is 5.00. The van der Waals surface area contributed by atoms with E-state index < -0.39 is 0 Å². The lowest BCUT2D eigenvalue weighted by Gasteiger charge is -2.30. The summed E-state index contributed by atoms with van der Waals surface area (Å²) in [6.07, 6.45) is 4.99. The Balaban J connectivity index is 2.55. The minimum Gasteiger partial charge on any atom is -0.334 e. The summed E-state index contributed by atoms with van der Waals surface area (Å²) in [5, 5.41) is 0. The van der Waals surface area contributed by atoms with Crippen LogP contribution in [-0.2, 0) is 13.0 Å². The van der Waals surface area contributed by atoms with E-state index >= 15 is 0 Å². The molecule has 0 radical (unpaired) electrons. The molecule has 3 nitrogen and oxygen atoms in total. The van der Waals surface area contributed by atoms with Gasteiger partial charge in [-0.2, -0.15) is 0 Å². The Labute approximate surface area is 99.5 Å². The molecule has 1 aromatic heterocycles. The normalized spacial score (nSPS) is 12.0. The van der Waals surface area contributed by atoms with Crippen LogP contribution in [0.4, 0.5) is 0 Å². The third-order valence-corrected chi connectivity index (χ3v) is 3.04. The van der Waals surface area contributed by atoms with Crippen LogP contribution in [0.3, 0.4) is 0 Å². The highest BCUT2D eigenvalue weighted by molar-refractivity contribution is 4.91. The van der Waals surface area contributed by atoms with Gasteiger partial charge in [-0.05, 0) is 27.7 Å². The minimum atomic E-state index is 0.605. The fourth-order valence-corrected chi connectivity index (χ4v) is 2.19. The summed E-state index contributed by atoms with van der Waals surface area (Å²) in [7, 11) is 0. The van der Waals surface area contributed by atoms with Crippen molar-refractivity contribution >= 4 is 0 Å². The molecule has 0 aliphatic heterocycles. The van der Waals surface area contributed by atoms with E-state index in [1.807, 2.05) is 6.20 Å². The summed E-state index contributed by atoms with van der Waals surface area (Å²) in [6, 6.07) is 1.21. The smallest absolute Gasteiger partial charge is 0.108 e. The van der Waals surface area contributed by atoms with Crippen LogP contribution < -0.4 is 0 Å². The van der Waals surface area contributed by atoms with Crippen molar-refractivity contribution in [2.45, 2.75) is 59.7 Å². The van der Waals surface area contributed by atoms with Gasteiger partial charge in [0.05, 0.1) is 0 Å². The first kappa shape index (κ1) is 13.2. The molecule has 92 valence electrons. The zero-order chi connectivity index (χ0) is 12.1. The van der Waals surface area contributed by atoms with Crippen molar-refractivity contribution in [3.8, 4) is 0 Å². The third kappa shape index (κ3) is 3.34. The monoisotopic (exact) mass is 223 g/mol. The molecule has 0 unspecified atom stereocenters. The zero-order valence-electron chi connectivity index (χ0n) is 11.3. The van der Waals surface area contributed by atoms with Crippen LogP contribution in [0.5, 0.6) is 0 Å². The lowest BCUT2D eigenvalue weighted by atomic mass is 10.2. The zero-order valence-corrected chi connectivity index (χ0v) is 11.3. The van der Waals surface area contributed by atoms with E-state index in [2.05, 4.69) is 55.3 Å². The molecule has 0 aliphatic carbocycles. The summed E-state index contributed by atoms with van der Waals surface area (Å²) in [6.45, 7) is 13.3. The molecule has 0 spiro atoms. The molecule has 0 N–H and O–H groups in total. The average Bonchev–Trinajstić information content (AvgIpc) is 2.64. The fourth-order valence-electron chi connectivity index (χ4n) is 2.19. The molecule has 0 aromatic carbocycles. The van der Waals surface area contributed by atoms with E-state index in [0.29, 0.717) is 12.1 Å². The molecule has 0 aliphatic rings. The number of hydrogen-bond donors (Lipinski definition) is 0. The molecule has 0 bridgehead atoms. The number of hydrogen-bond acceptors (Lipinski definition) is 2. The van der Waals surface area contributed by atoms with E-state index in [1.54, 1.807) is 0 Å². The van der Waals surface area contributed by atoms with Gasteiger partial charge in [0.15, 0.2) is 0 Å². The third-order valence-electron chi connectivity index (χ3n) is 3.04. The quantitative estimate of drug-likeness (QED) is 0.739. The molecular formula is C13H25N3. The van der Waals surface area contributed by atoms with E-state index in [4.69, 9.17) is 0 Å². The molecule has 1 aromatic rings. The first-order chi connectivity index (χ1) is 7.56. The second-order valence-corrected chi connectivity index (χ2v) is 4.82. The highest BCUT2D eigenvalue weighted by Gasteiger charge is 2.13. The Bertz CT molecular complexity index is 294. The van der Waals surface area contributed by atoms with Crippen molar-refractivity contribution < 1.29 is 0 Å². The van der Waals surface area contributed by atoms with Gasteiger partial charge in [-0.25, -0.2) is 4.98 Å². The van der Waals surface area contributed by atoms with Crippen molar-refractivity contribution in [3.63, 3.8) is 0 Å².